The summed E-state index contributed by atoms with van der Waals surface area (Å²) in [6.07, 6.45) is 0.484. The largest absolute Gasteiger partial charge is 0.454 e. The second-order valence-electron chi connectivity index (χ2n) is 3.23. The Labute approximate surface area is 83.6 Å². The van der Waals surface area contributed by atoms with Crippen LogP contribution in [-0.2, 0) is 19.1 Å². The van der Waals surface area contributed by atoms with Crippen molar-refractivity contribution in [1.82, 2.24) is 0 Å². The van der Waals surface area contributed by atoms with Crippen LogP contribution in [0.2, 0.25) is 0 Å². The van der Waals surface area contributed by atoms with Crippen LogP contribution in [0, 0.1) is 5.92 Å². The molecule has 0 aliphatic heterocycles. The molecule has 2 atom stereocenters. The minimum atomic E-state index is -0.775. The maximum absolute atomic E-state index is 11.4. The molecule has 0 aromatic carbocycles. The molecular formula is C10H16O4. The van der Waals surface area contributed by atoms with Gasteiger partial charge in [0.15, 0.2) is 11.9 Å². The number of carbonyl (C=O) groups is 3. The quantitative estimate of drug-likeness (QED) is 0.476. The van der Waals surface area contributed by atoms with E-state index in [1.54, 1.807) is 13.8 Å². The van der Waals surface area contributed by atoms with Crippen LogP contribution in [0.3, 0.4) is 0 Å². The van der Waals surface area contributed by atoms with E-state index < -0.39 is 12.1 Å². The molecule has 0 saturated carbocycles. The fourth-order valence-electron chi connectivity index (χ4n) is 1.15. The molecule has 0 aromatic heterocycles. The van der Waals surface area contributed by atoms with Gasteiger partial charge in [0.1, 0.15) is 6.29 Å². The third kappa shape index (κ3) is 4.16. The van der Waals surface area contributed by atoms with Gasteiger partial charge in [-0.05, 0) is 0 Å². The second-order valence-corrected chi connectivity index (χ2v) is 3.23. The van der Waals surface area contributed by atoms with Crippen LogP contribution < -0.4 is 0 Å². The highest BCUT2D eigenvalue weighted by Crippen LogP contribution is 2.13. The molecule has 0 fully saturated rings. The topological polar surface area (TPSA) is 60.4 Å². The summed E-state index contributed by atoms with van der Waals surface area (Å²) in [6, 6.07) is 0. The molecule has 0 aliphatic carbocycles. The van der Waals surface area contributed by atoms with E-state index in [9.17, 15) is 14.4 Å². The fourth-order valence-corrected chi connectivity index (χ4v) is 1.15. The van der Waals surface area contributed by atoms with Crippen molar-refractivity contribution in [3.63, 3.8) is 0 Å². The summed E-state index contributed by atoms with van der Waals surface area (Å²) >= 11 is 0. The Morgan fingerprint density at radius 2 is 2.00 bits per heavy atom. The molecule has 0 rings (SSSR count). The van der Waals surface area contributed by atoms with Gasteiger partial charge in [-0.25, -0.2) is 0 Å². The van der Waals surface area contributed by atoms with E-state index in [0.717, 1.165) is 6.29 Å². The Morgan fingerprint density at radius 1 is 1.43 bits per heavy atom. The summed E-state index contributed by atoms with van der Waals surface area (Å²) in [5.41, 5.74) is 0. The van der Waals surface area contributed by atoms with Gasteiger partial charge in [0.05, 0.1) is 0 Å². The van der Waals surface area contributed by atoms with Crippen molar-refractivity contribution >= 4 is 18.0 Å². The average Bonchev–Trinajstić information content (AvgIpc) is 2.13. The van der Waals surface area contributed by atoms with E-state index >= 15 is 0 Å². The minimum Gasteiger partial charge on any atom is -0.454 e. The Morgan fingerprint density at radius 3 is 2.36 bits per heavy atom. The van der Waals surface area contributed by atoms with E-state index in [0.29, 0.717) is 6.42 Å². The summed E-state index contributed by atoms with van der Waals surface area (Å²) in [5, 5.41) is 0. The third-order valence-corrected chi connectivity index (χ3v) is 1.94. The normalized spacial score (nSPS) is 14.2. The second kappa shape index (κ2) is 6.29. The number of ketones is 1. The molecule has 0 bridgehead atoms. The lowest BCUT2D eigenvalue weighted by Crippen LogP contribution is -2.32. The van der Waals surface area contributed by atoms with Crippen LogP contribution in [0.25, 0.3) is 0 Å². The Kier molecular flexibility index (Phi) is 5.76. The molecule has 0 heterocycles. The van der Waals surface area contributed by atoms with Crippen molar-refractivity contribution in [1.29, 1.82) is 0 Å². The van der Waals surface area contributed by atoms with Crippen molar-refractivity contribution < 1.29 is 19.1 Å². The Balaban J connectivity index is 4.44. The zero-order valence-corrected chi connectivity index (χ0v) is 8.78. The van der Waals surface area contributed by atoms with Gasteiger partial charge in [0.25, 0.3) is 0 Å². The molecule has 0 aromatic rings. The number of esters is 1. The van der Waals surface area contributed by atoms with E-state index in [1.165, 1.54) is 6.92 Å². The highest BCUT2D eigenvalue weighted by Gasteiger charge is 2.26. The zero-order valence-electron chi connectivity index (χ0n) is 8.78. The molecule has 0 spiro atoms. The molecule has 4 heteroatoms. The molecule has 14 heavy (non-hydrogen) atoms. The molecule has 0 radical (unpaired) electrons. The van der Waals surface area contributed by atoms with Crippen LogP contribution in [0.1, 0.15) is 33.6 Å². The summed E-state index contributed by atoms with van der Waals surface area (Å²) in [6.45, 7) is 4.67. The number of rotatable bonds is 6. The highest BCUT2D eigenvalue weighted by atomic mass is 16.5. The van der Waals surface area contributed by atoms with Gasteiger partial charge in [-0.1, -0.05) is 13.8 Å². The molecule has 2 unspecified atom stereocenters. The van der Waals surface area contributed by atoms with E-state index in [1.807, 2.05) is 0 Å². The number of Topliss-reactive ketones (excluding diaryl/α,β-unsaturated/α-hetero) is 1. The predicted molar refractivity (Wildman–Crippen MR) is 50.7 cm³/mol. The standard InChI is InChI=1S/C10H16O4/c1-4-9(13)10(14-8(3)12)7(2)5-6-11/h6-7,10H,4-5H2,1-3H3. The van der Waals surface area contributed by atoms with Gasteiger partial charge in [-0.3, -0.25) is 9.59 Å². The lowest BCUT2D eigenvalue weighted by Gasteiger charge is -2.20. The molecule has 0 aliphatic rings. The third-order valence-electron chi connectivity index (χ3n) is 1.94. The minimum absolute atomic E-state index is 0.144. The summed E-state index contributed by atoms with van der Waals surface area (Å²) in [7, 11) is 0. The van der Waals surface area contributed by atoms with Crippen molar-refractivity contribution in [2.75, 3.05) is 0 Å². The van der Waals surface area contributed by atoms with Crippen LogP contribution in [0.15, 0.2) is 0 Å². The maximum Gasteiger partial charge on any atom is 0.303 e. The SMILES string of the molecule is CCC(=O)C(OC(C)=O)C(C)CC=O. The zero-order chi connectivity index (χ0) is 11.1. The molecule has 0 N–H and O–H groups in total. The summed E-state index contributed by atoms with van der Waals surface area (Å²) < 4.78 is 4.87. The predicted octanol–water partition coefficient (Wildman–Crippen LogP) is 1.12. The summed E-state index contributed by atoms with van der Waals surface area (Å²) in [5.74, 6) is -0.882. The average molecular weight is 200 g/mol. The molecule has 0 amide bonds. The fraction of sp³-hybridized carbons (Fsp3) is 0.700. The van der Waals surface area contributed by atoms with Gasteiger partial charge in [0, 0.05) is 25.7 Å². The number of ether oxygens (including phenoxy) is 1. The first-order valence-electron chi connectivity index (χ1n) is 4.66. The van der Waals surface area contributed by atoms with Gasteiger partial charge >= 0.3 is 5.97 Å². The number of hydrogen-bond acceptors (Lipinski definition) is 4. The first-order valence-corrected chi connectivity index (χ1v) is 4.66. The van der Waals surface area contributed by atoms with E-state index in [-0.39, 0.29) is 18.1 Å². The monoisotopic (exact) mass is 200 g/mol. The Bertz CT molecular complexity index is 222. The molecule has 0 saturated heterocycles. The number of hydrogen-bond donors (Lipinski definition) is 0. The van der Waals surface area contributed by atoms with Crippen molar-refractivity contribution in [3.8, 4) is 0 Å². The lowest BCUT2D eigenvalue weighted by atomic mass is 9.97. The summed E-state index contributed by atoms with van der Waals surface area (Å²) in [4.78, 5) is 32.4. The first kappa shape index (κ1) is 12.8. The van der Waals surface area contributed by atoms with Gasteiger partial charge < -0.3 is 9.53 Å². The van der Waals surface area contributed by atoms with Crippen LogP contribution in [-0.4, -0.2) is 24.1 Å². The number of aldehydes is 1. The van der Waals surface area contributed by atoms with Crippen LogP contribution in [0.5, 0.6) is 0 Å². The van der Waals surface area contributed by atoms with Gasteiger partial charge in [-0.15, -0.1) is 0 Å². The number of carbonyl (C=O) groups excluding carboxylic acids is 3. The first-order chi connectivity index (χ1) is 6.52. The molecule has 80 valence electrons. The van der Waals surface area contributed by atoms with Crippen molar-refractivity contribution in [2.24, 2.45) is 5.92 Å². The van der Waals surface area contributed by atoms with Gasteiger partial charge in [0.2, 0.25) is 0 Å². The Hall–Kier alpha value is -1.19. The highest BCUT2D eigenvalue weighted by molar-refractivity contribution is 5.85. The maximum atomic E-state index is 11.4. The van der Waals surface area contributed by atoms with E-state index in [2.05, 4.69) is 0 Å². The van der Waals surface area contributed by atoms with Gasteiger partial charge in [-0.2, -0.15) is 0 Å². The van der Waals surface area contributed by atoms with Crippen LogP contribution in [0.4, 0.5) is 0 Å². The van der Waals surface area contributed by atoms with Crippen molar-refractivity contribution in [2.45, 2.75) is 39.7 Å². The molecular weight excluding hydrogens is 184 g/mol. The van der Waals surface area contributed by atoms with Crippen LogP contribution >= 0.6 is 0 Å². The smallest absolute Gasteiger partial charge is 0.303 e. The lowest BCUT2D eigenvalue weighted by molar-refractivity contribution is -0.156. The van der Waals surface area contributed by atoms with Crippen molar-refractivity contribution in [3.05, 3.63) is 0 Å². The van der Waals surface area contributed by atoms with E-state index in [4.69, 9.17) is 4.74 Å². The molecule has 4 nitrogen and oxygen atoms in total.